The zero-order valence-corrected chi connectivity index (χ0v) is 18.1. The summed E-state index contributed by atoms with van der Waals surface area (Å²) < 4.78 is 19.1. The quantitative estimate of drug-likeness (QED) is 0.544. The van der Waals surface area contributed by atoms with E-state index in [4.69, 9.17) is 4.74 Å². The first-order valence-electron chi connectivity index (χ1n) is 10.4. The van der Waals surface area contributed by atoms with Gasteiger partial charge in [-0.3, -0.25) is 9.59 Å². The van der Waals surface area contributed by atoms with Crippen molar-refractivity contribution in [3.05, 3.63) is 94.9 Å². The molecule has 5 nitrogen and oxygen atoms in total. The summed E-state index contributed by atoms with van der Waals surface area (Å²) in [4.78, 5) is 28.2. The molecule has 6 heteroatoms. The molecule has 1 heterocycles. The zero-order chi connectivity index (χ0) is 22.8. The fraction of sp³-hybridized carbons (Fsp3) is 0.154. The van der Waals surface area contributed by atoms with Crippen LogP contribution >= 0.6 is 0 Å². The number of carbonyl (C=O) groups is 2. The van der Waals surface area contributed by atoms with Gasteiger partial charge in [0.1, 0.15) is 17.3 Å². The second kappa shape index (κ2) is 8.67. The highest BCUT2D eigenvalue weighted by molar-refractivity contribution is 6.46. The molecule has 32 heavy (non-hydrogen) atoms. The lowest BCUT2D eigenvalue weighted by Gasteiger charge is -2.19. The van der Waals surface area contributed by atoms with E-state index in [9.17, 15) is 14.0 Å². The molecule has 0 unspecified atom stereocenters. The van der Waals surface area contributed by atoms with E-state index in [0.29, 0.717) is 29.3 Å². The summed E-state index contributed by atoms with van der Waals surface area (Å²) in [6.07, 6.45) is 0. The summed E-state index contributed by atoms with van der Waals surface area (Å²) in [5.41, 5.74) is 3.73. The summed E-state index contributed by atoms with van der Waals surface area (Å²) in [5.74, 6) is -0.704. The smallest absolute Gasteiger partial charge is 0.282 e. The molecule has 0 fully saturated rings. The topological polar surface area (TPSA) is 58.6 Å². The van der Waals surface area contributed by atoms with Crippen LogP contribution in [0.15, 0.2) is 72.4 Å². The fourth-order valence-electron chi connectivity index (χ4n) is 3.70. The lowest BCUT2D eigenvalue weighted by molar-refractivity contribution is -0.120. The van der Waals surface area contributed by atoms with Crippen molar-refractivity contribution in [2.24, 2.45) is 0 Å². The summed E-state index contributed by atoms with van der Waals surface area (Å²) >= 11 is 0. The number of hydrogen-bond donors (Lipinski definition) is 1. The number of imide groups is 1. The average molecular weight is 430 g/mol. The Balaban J connectivity index is 1.82. The lowest BCUT2D eigenvalue weighted by atomic mass is 10.0. The van der Waals surface area contributed by atoms with Crippen molar-refractivity contribution in [3.8, 4) is 5.75 Å². The first-order valence-corrected chi connectivity index (χ1v) is 10.4. The maximum Gasteiger partial charge on any atom is 0.282 e. The average Bonchev–Trinajstić information content (AvgIpc) is 3.01. The van der Waals surface area contributed by atoms with Gasteiger partial charge in [0.2, 0.25) is 0 Å². The van der Waals surface area contributed by atoms with Crippen molar-refractivity contribution in [2.75, 3.05) is 16.8 Å². The molecular weight excluding hydrogens is 407 g/mol. The molecule has 0 saturated carbocycles. The number of rotatable bonds is 6. The Morgan fingerprint density at radius 3 is 2.38 bits per heavy atom. The third-order valence-electron chi connectivity index (χ3n) is 5.45. The van der Waals surface area contributed by atoms with Crippen LogP contribution in [0, 0.1) is 19.7 Å². The van der Waals surface area contributed by atoms with Crippen LogP contribution in [0.25, 0.3) is 5.57 Å². The van der Waals surface area contributed by atoms with Crippen LogP contribution in [0.4, 0.5) is 15.8 Å². The number of anilines is 2. The third kappa shape index (κ3) is 3.87. The molecule has 0 spiro atoms. The van der Waals surface area contributed by atoms with Crippen LogP contribution in [0.2, 0.25) is 0 Å². The molecule has 1 N–H and O–H groups in total. The largest absolute Gasteiger partial charge is 0.494 e. The Morgan fingerprint density at radius 2 is 1.66 bits per heavy atom. The Labute approximate surface area is 186 Å². The summed E-state index contributed by atoms with van der Waals surface area (Å²) in [7, 11) is 0. The lowest BCUT2D eigenvalue weighted by Crippen LogP contribution is -2.33. The Hall–Kier alpha value is -3.93. The van der Waals surface area contributed by atoms with Crippen LogP contribution in [0.3, 0.4) is 0 Å². The van der Waals surface area contributed by atoms with E-state index in [0.717, 1.165) is 11.1 Å². The van der Waals surface area contributed by atoms with Gasteiger partial charge >= 0.3 is 0 Å². The fourth-order valence-corrected chi connectivity index (χ4v) is 3.70. The van der Waals surface area contributed by atoms with Crippen molar-refractivity contribution in [1.29, 1.82) is 0 Å². The number of ether oxygens (including phenoxy) is 1. The van der Waals surface area contributed by atoms with Gasteiger partial charge in [-0.1, -0.05) is 30.3 Å². The maximum atomic E-state index is 13.5. The minimum atomic E-state index is -0.468. The van der Waals surface area contributed by atoms with Crippen molar-refractivity contribution in [3.63, 3.8) is 0 Å². The van der Waals surface area contributed by atoms with Crippen molar-refractivity contribution < 1.29 is 18.7 Å². The van der Waals surface area contributed by atoms with Crippen molar-refractivity contribution in [2.45, 2.75) is 20.8 Å². The highest BCUT2D eigenvalue weighted by Crippen LogP contribution is 2.36. The monoisotopic (exact) mass is 430 g/mol. The standard InChI is InChI=1S/C26H23FN2O3/c1-4-32-21-9-6-8-20(15-21)28-24-23(18-11-13-19(27)14-12-18)25(30)29(26(24)31)22-10-5-7-16(2)17(22)3/h5-15,28H,4H2,1-3H3. The second-order valence-corrected chi connectivity index (χ2v) is 7.51. The SMILES string of the molecule is CCOc1cccc(NC2=C(c3ccc(F)cc3)C(=O)N(c3cccc(C)c3C)C2=O)c1. The number of carbonyl (C=O) groups excluding carboxylic acids is 2. The Kier molecular flexibility index (Phi) is 5.77. The van der Waals surface area contributed by atoms with Gasteiger partial charge in [-0.05, 0) is 67.8 Å². The van der Waals surface area contributed by atoms with E-state index >= 15 is 0 Å². The molecule has 162 valence electrons. The molecule has 2 amide bonds. The van der Waals surface area contributed by atoms with Gasteiger partial charge < -0.3 is 10.1 Å². The molecular formula is C26H23FN2O3. The number of halogens is 1. The molecule has 3 aromatic carbocycles. The zero-order valence-electron chi connectivity index (χ0n) is 18.1. The summed E-state index contributed by atoms with van der Waals surface area (Å²) in [5, 5.41) is 3.11. The maximum absolute atomic E-state index is 13.5. The van der Waals surface area contributed by atoms with Crippen molar-refractivity contribution >= 4 is 28.8 Å². The molecule has 0 aliphatic carbocycles. The molecule has 0 saturated heterocycles. The first-order chi connectivity index (χ1) is 15.4. The van der Waals surface area contributed by atoms with Gasteiger partial charge in [0.05, 0.1) is 17.9 Å². The Bertz CT molecular complexity index is 1230. The molecule has 3 aromatic rings. The van der Waals surface area contributed by atoms with E-state index in [1.807, 2.05) is 39.0 Å². The minimum Gasteiger partial charge on any atom is -0.494 e. The molecule has 1 aliphatic heterocycles. The predicted molar refractivity (Wildman–Crippen MR) is 123 cm³/mol. The van der Waals surface area contributed by atoms with E-state index in [1.165, 1.54) is 29.2 Å². The van der Waals surface area contributed by atoms with Crippen molar-refractivity contribution in [1.82, 2.24) is 0 Å². The van der Waals surface area contributed by atoms with Crippen LogP contribution in [-0.2, 0) is 9.59 Å². The van der Waals surface area contributed by atoms with Gasteiger partial charge in [0.15, 0.2) is 0 Å². The number of nitrogens with zero attached hydrogens (tertiary/aromatic N) is 1. The first kappa shape index (κ1) is 21.3. The number of amides is 2. The van der Waals surface area contributed by atoms with Gasteiger partial charge in [-0.2, -0.15) is 0 Å². The molecule has 4 rings (SSSR count). The molecule has 0 aromatic heterocycles. The normalized spacial score (nSPS) is 13.7. The van der Waals surface area contributed by atoms with Gasteiger partial charge in [0.25, 0.3) is 11.8 Å². The summed E-state index contributed by atoms with van der Waals surface area (Å²) in [6, 6.07) is 18.2. The number of benzene rings is 3. The molecule has 1 aliphatic rings. The third-order valence-corrected chi connectivity index (χ3v) is 5.45. The summed E-state index contributed by atoms with van der Waals surface area (Å²) in [6.45, 7) is 6.19. The number of aryl methyl sites for hydroxylation is 1. The molecule has 0 atom stereocenters. The van der Waals surface area contributed by atoms with Gasteiger partial charge in [-0.25, -0.2) is 9.29 Å². The van der Waals surface area contributed by atoms with Crippen LogP contribution < -0.4 is 15.0 Å². The van der Waals surface area contributed by atoms with E-state index in [2.05, 4.69) is 5.32 Å². The van der Waals surface area contributed by atoms with E-state index < -0.39 is 17.6 Å². The molecule has 0 bridgehead atoms. The van der Waals surface area contributed by atoms with Gasteiger partial charge in [-0.15, -0.1) is 0 Å². The number of nitrogens with one attached hydrogen (secondary N) is 1. The Morgan fingerprint density at radius 1 is 0.938 bits per heavy atom. The minimum absolute atomic E-state index is 0.135. The van der Waals surface area contributed by atoms with E-state index in [1.54, 1.807) is 24.3 Å². The highest BCUT2D eigenvalue weighted by Gasteiger charge is 2.41. The van der Waals surface area contributed by atoms with Gasteiger partial charge in [0, 0.05) is 11.8 Å². The predicted octanol–water partition coefficient (Wildman–Crippen LogP) is 5.24. The second-order valence-electron chi connectivity index (χ2n) is 7.51. The highest BCUT2D eigenvalue weighted by atomic mass is 19.1. The van der Waals surface area contributed by atoms with Crippen LogP contribution in [0.1, 0.15) is 23.6 Å². The van der Waals surface area contributed by atoms with Crippen LogP contribution in [-0.4, -0.2) is 18.4 Å². The molecule has 0 radical (unpaired) electrons. The van der Waals surface area contributed by atoms with Crippen LogP contribution in [0.5, 0.6) is 5.75 Å². The number of hydrogen-bond acceptors (Lipinski definition) is 4. The van der Waals surface area contributed by atoms with E-state index in [-0.39, 0.29) is 11.3 Å².